The van der Waals surface area contributed by atoms with E-state index in [1.165, 1.54) is 5.57 Å². The first-order chi connectivity index (χ1) is 12.0. The first-order valence-electron chi connectivity index (χ1n) is 10.3. The van der Waals surface area contributed by atoms with E-state index in [0.717, 1.165) is 44.9 Å². The Morgan fingerprint density at radius 2 is 2.04 bits per heavy atom. The molecule has 0 aliphatic heterocycles. The highest BCUT2D eigenvalue weighted by atomic mass is 19.1. The van der Waals surface area contributed by atoms with Crippen LogP contribution in [0.5, 0.6) is 0 Å². The molecule has 0 heterocycles. The first kappa shape index (κ1) is 17.4. The molecule has 0 bridgehead atoms. The minimum Gasteiger partial charge on any atom is -0.296 e. The quantitative estimate of drug-likeness (QED) is 0.727. The maximum atomic E-state index is 13.3. The topological polar surface area (TPSA) is 34.1 Å². The van der Waals surface area contributed by atoms with Crippen molar-refractivity contribution in [1.29, 1.82) is 0 Å². The van der Waals surface area contributed by atoms with Crippen LogP contribution >= 0.6 is 0 Å². The Balaban J connectivity index is 1.64. The van der Waals surface area contributed by atoms with Crippen molar-refractivity contribution in [3.05, 3.63) is 11.6 Å². The van der Waals surface area contributed by atoms with Crippen molar-refractivity contribution < 1.29 is 14.0 Å². The number of Topliss-reactive ketones (excluding diaryl/α,β-unsaturated/α-hetero) is 1. The van der Waals surface area contributed by atoms with Crippen LogP contribution in [0.1, 0.15) is 65.2 Å². The van der Waals surface area contributed by atoms with Gasteiger partial charge in [0.05, 0.1) is 0 Å². The third kappa shape index (κ3) is 2.56. The number of rotatable bonds is 3. The number of carbonyl (C=O) groups excluding carboxylic acids is 2. The molecule has 0 radical (unpaired) electrons. The molecular formula is C22H31FO2. The average molecular weight is 346 g/mol. The van der Waals surface area contributed by atoms with Crippen molar-refractivity contribution in [3.63, 3.8) is 0 Å². The van der Waals surface area contributed by atoms with Crippen LogP contribution in [-0.4, -0.2) is 18.2 Å². The monoisotopic (exact) mass is 346 g/mol. The second-order valence-electron chi connectivity index (χ2n) is 9.33. The fraction of sp³-hybridized carbons (Fsp3) is 0.818. The lowest BCUT2D eigenvalue weighted by molar-refractivity contribution is -0.131. The molecule has 0 spiro atoms. The molecule has 0 aromatic carbocycles. The van der Waals surface area contributed by atoms with Crippen LogP contribution in [0.2, 0.25) is 0 Å². The molecule has 3 saturated carbocycles. The van der Waals surface area contributed by atoms with Gasteiger partial charge in [0, 0.05) is 12.3 Å². The van der Waals surface area contributed by atoms with Crippen molar-refractivity contribution in [2.75, 3.05) is 6.67 Å². The zero-order valence-electron chi connectivity index (χ0n) is 15.6. The standard InChI is InChI=1S/C22H31FO2/c1-3-13-11-19-18-6-4-14-10-15(24)5-7-16(14)17(18)8-9-22(19,2)21(13)20(25)12-23/h10,13,16-19,21H,3-9,11-12H2,1-2H3/t13-,16+,17?,18?,19?,21-,22+/m1/s1. The summed E-state index contributed by atoms with van der Waals surface area (Å²) in [6.07, 6.45) is 10.2. The van der Waals surface area contributed by atoms with Gasteiger partial charge in [-0.25, -0.2) is 4.39 Å². The van der Waals surface area contributed by atoms with Crippen molar-refractivity contribution in [2.24, 2.45) is 40.9 Å². The van der Waals surface area contributed by atoms with E-state index in [4.69, 9.17) is 0 Å². The van der Waals surface area contributed by atoms with Crippen LogP contribution < -0.4 is 0 Å². The summed E-state index contributed by atoms with van der Waals surface area (Å²) >= 11 is 0. The largest absolute Gasteiger partial charge is 0.296 e. The van der Waals surface area contributed by atoms with Gasteiger partial charge in [0.1, 0.15) is 6.67 Å². The fourth-order valence-electron chi connectivity index (χ4n) is 7.48. The summed E-state index contributed by atoms with van der Waals surface area (Å²) in [5, 5.41) is 0. The summed E-state index contributed by atoms with van der Waals surface area (Å²) in [4.78, 5) is 24.2. The molecule has 3 unspecified atom stereocenters. The summed E-state index contributed by atoms with van der Waals surface area (Å²) in [6, 6.07) is 0. The molecule has 0 aromatic rings. The maximum absolute atomic E-state index is 13.3. The summed E-state index contributed by atoms with van der Waals surface area (Å²) in [5.74, 6) is 2.97. The van der Waals surface area contributed by atoms with E-state index in [1.807, 2.05) is 6.08 Å². The average Bonchev–Trinajstić information content (AvgIpc) is 2.93. The van der Waals surface area contributed by atoms with Crippen LogP contribution in [0.25, 0.3) is 0 Å². The van der Waals surface area contributed by atoms with Gasteiger partial charge in [0.25, 0.3) is 0 Å². The molecular weight excluding hydrogens is 315 g/mol. The van der Waals surface area contributed by atoms with Gasteiger partial charge in [-0.3, -0.25) is 9.59 Å². The van der Waals surface area contributed by atoms with Crippen LogP contribution in [-0.2, 0) is 9.59 Å². The highest BCUT2D eigenvalue weighted by Gasteiger charge is 2.60. The number of ketones is 2. The van der Waals surface area contributed by atoms with Crippen molar-refractivity contribution in [3.8, 4) is 0 Å². The first-order valence-corrected chi connectivity index (χ1v) is 10.3. The van der Waals surface area contributed by atoms with E-state index in [9.17, 15) is 14.0 Å². The van der Waals surface area contributed by atoms with Gasteiger partial charge in [-0.15, -0.1) is 0 Å². The van der Waals surface area contributed by atoms with Crippen molar-refractivity contribution in [1.82, 2.24) is 0 Å². The van der Waals surface area contributed by atoms with E-state index in [0.29, 0.717) is 41.8 Å². The van der Waals surface area contributed by atoms with Gasteiger partial charge >= 0.3 is 0 Å². The van der Waals surface area contributed by atoms with Crippen LogP contribution in [0, 0.1) is 40.9 Å². The number of fused-ring (bicyclic) bond motifs is 5. The molecule has 3 fully saturated rings. The number of hydrogen-bond acceptors (Lipinski definition) is 2. The zero-order chi connectivity index (χ0) is 17.8. The molecule has 0 amide bonds. The lowest BCUT2D eigenvalue weighted by Crippen LogP contribution is -2.48. The second kappa shape index (κ2) is 6.32. The summed E-state index contributed by atoms with van der Waals surface area (Å²) in [7, 11) is 0. The molecule has 138 valence electrons. The van der Waals surface area contributed by atoms with E-state index < -0.39 is 6.67 Å². The Bertz CT molecular complexity index is 609. The fourth-order valence-corrected chi connectivity index (χ4v) is 7.48. The van der Waals surface area contributed by atoms with Gasteiger partial charge in [-0.2, -0.15) is 0 Å². The molecule has 4 aliphatic carbocycles. The van der Waals surface area contributed by atoms with Crippen molar-refractivity contribution >= 4 is 11.6 Å². The molecule has 2 nitrogen and oxygen atoms in total. The predicted octanol–water partition coefficient (Wildman–Crippen LogP) is 4.92. The molecule has 7 atom stereocenters. The summed E-state index contributed by atoms with van der Waals surface area (Å²) in [5.41, 5.74) is 1.40. The number of halogens is 1. The van der Waals surface area contributed by atoms with Crippen LogP contribution in [0.15, 0.2) is 11.6 Å². The Morgan fingerprint density at radius 3 is 2.76 bits per heavy atom. The van der Waals surface area contributed by atoms with E-state index in [-0.39, 0.29) is 17.1 Å². The zero-order valence-corrected chi connectivity index (χ0v) is 15.6. The predicted molar refractivity (Wildman–Crippen MR) is 95.7 cm³/mol. The van der Waals surface area contributed by atoms with E-state index >= 15 is 0 Å². The van der Waals surface area contributed by atoms with E-state index in [2.05, 4.69) is 13.8 Å². The molecule has 4 rings (SSSR count). The van der Waals surface area contributed by atoms with Crippen LogP contribution in [0.4, 0.5) is 4.39 Å². The Kier molecular flexibility index (Phi) is 4.40. The maximum Gasteiger partial charge on any atom is 0.167 e. The third-order valence-electron chi connectivity index (χ3n) is 8.48. The van der Waals surface area contributed by atoms with Crippen molar-refractivity contribution in [2.45, 2.75) is 65.2 Å². The number of allylic oxidation sites excluding steroid dienone is 1. The molecule has 25 heavy (non-hydrogen) atoms. The Morgan fingerprint density at radius 1 is 1.24 bits per heavy atom. The minimum atomic E-state index is -0.796. The highest BCUT2D eigenvalue weighted by molar-refractivity contribution is 5.91. The van der Waals surface area contributed by atoms with E-state index in [1.54, 1.807) is 0 Å². The van der Waals surface area contributed by atoms with Gasteiger partial charge in [-0.05, 0) is 79.6 Å². The molecule has 0 N–H and O–H groups in total. The highest BCUT2D eigenvalue weighted by Crippen LogP contribution is 2.65. The van der Waals surface area contributed by atoms with Gasteiger partial charge in [0.2, 0.25) is 0 Å². The second-order valence-corrected chi connectivity index (χ2v) is 9.33. The van der Waals surface area contributed by atoms with Crippen LogP contribution in [0.3, 0.4) is 0 Å². The minimum absolute atomic E-state index is 0.00325. The SMILES string of the molecule is CC[C@@H]1CC2C3CCC4=CC(=O)CC[C@@H]4C3CC[C@]2(C)[C@H]1C(=O)CF. The Labute approximate surface area is 150 Å². The van der Waals surface area contributed by atoms with Gasteiger partial charge in [-0.1, -0.05) is 25.8 Å². The molecule has 3 heteroatoms. The number of hydrogen-bond donors (Lipinski definition) is 0. The summed E-state index contributed by atoms with van der Waals surface area (Å²) < 4.78 is 13.3. The Hall–Kier alpha value is -0.990. The summed E-state index contributed by atoms with van der Waals surface area (Å²) in [6.45, 7) is 3.66. The van der Waals surface area contributed by atoms with Gasteiger partial charge in [0.15, 0.2) is 11.6 Å². The molecule has 0 saturated heterocycles. The third-order valence-corrected chi connectivity index (χ3v) is 8.48. The molecule has 4 aliphatic rings. The number of alkyl halides is 1. The normalized spacial score (nSPS) is 46.0. The van der Waals surface area contributed by atoms with Gasteiger partial charge < -0.3 is 0 Å². The number of carbonyl (C=O) groups is 2. The molecule has 0 aromatic heterocycles. The smallest absolute Gasteiger partial charge is 0.167 e. The lowest BCUT2D eigenvalue weighted by Gasteiger charge is -2.53. The lowest BCUT2D eigenvalue weighted by atomic mass is 9.51.